The number of benzene rings is 1. The number of hydrogen-bond acceptors (Lipinski definition) is 2. The minimum absolute atomic E-state index is 0.0271. The molecule has 0 bridgehead atoms. The Hall–Kier alpha value is -1.67. The van der Waals surface area contributed by atoms with Gasteiger partial charge >= 0.3 is 0 Å². The van der Waals surface area contributed by atoms with E-state index in [-0.39, 0.29) is 5.41 Å². The fourth-order valence-corrected chi connectivity index (χ4v) is 4.35. The molecular weight excluding hydrogens is 334 g/mol. The maximum absolute atomic E-state index is 3.92. The van der Waals surface area contributed by atoms with E-state index in [1.165, 1.54) is 33.5 Å². The highest BCUT2D eigenvalue weighted by Gasteiger charge is 2.32. The van der Waals surface area contributed by atoms with E-state index in [2.05, 4.69) is 76.7 Å². The molecule has 1 aromatic carbocycles. The quantitative estimate of drug-likeness (QED) is 0.567. The molecule has 0 saturated carbocycles. The molecule has 0 fully saturated rings. The second-order valence-corrected chi connectivity index (χ2v) is 8.56. The summed E-state index contributed by atoms with van der Waals surface area (Å²) in [5, 5.41) is 3.79. The summed E-state index contributed by atoms with van der Waals surface area (Å²) in [4.78, 5) is 0. The third kappa shape index (κ3) is 4.54. The first kappa shape index (κ1) is 20.6. The van der Waals surface area contributed by atoms with Crippen LogP contribution in [0.5, 0.6) is 0 Å². The first-order valence-corrected chi connectivity index (χ1v) is 10.8. The Morgan fingerprint density at radius 3 is 2.62 bits per heavy atom. The van der Waals surface area contributed by atoms with Gasteiger partial charge in [-0.05, 0) is 54.9 Å². The number of fused-ring (bicyclic) bond motifs is 1. The lowest BCUT2D eigenvalue weighted by Gasteiger charge is -2.39. The van der Waals surface area contributed by atoms with E-state index in [4.69, 9.17) is 0 Å². The van der Waals surface area contributed by atoms with Crippen molar-refractivity contribution in [2.24, 2.45) is 5.41 Å². The van der Waals surface area contributed by atoms with Gasteiger partial charge in [-0.15, -0.1) is 0 Å². The fourth-order valence-electron chi connectivity index (χ4n) is 3.77. The zero-order valence-corrected chi connectivity index (χ0v) is 17.8. The zero-order valence-electron chi connectivity index (χ0n) is 17.0. The number of thioether (sulfide) groups is 1. The lowest BCUT2D eigenvalue weighted by Crippen LogP contribution is -2.44. The smallest absolute Gasteiger partial charge is 0.0419 e. The van der Waals surface area contributed by atoms with Crippen molar-refractivity contribution in [3.63, 3.8) is 0 Å². The van der Waals surface area contributed by atoms with Crippen LogP contribution in [0.2, 0.25) is 0 Å². The van der Waals surface area contributed by atoms with Gasteiger partial charge in [-0.1, -0.05) is 63.8 Å². The second kappa shape index (κ2) is 8.81. The van der Waals surface area contributed by atoms with Crippen molar-refractivity contribution in [1.29, 1.82) is 0 Å². The highest BCUT2D eigenvalue weighted by molar-refractivity contribution is 7.97. The zero-order chi connectivity index (χ0) is 19.3. The Balaban J connectivity index is 2.52. The van der Waals surface area contributed by atoms with Crippen molar-refractivity contribution in [1.82, 2.24) is 5.32 Å². The minimum Gasteiger partial charge on any atom is -0.381 e. The van der Waals surface area contributed by atoms with Crippen molar-refractivity contribution < 1.29 is 0 Å². The van der Waals surface area contributed by atoms with Crippen molar-refractivity contribution in [2.75, 3.05) is 6.26 Å². The SMILES string of the molecule is C=C/C=C1\NC(C(C)(C)C=C(C)C=C)Cc2cc(CSC)c(CC)cc21. The molecule has 1 atom stereocenters. The number of hydrogen-bond donors (Lipinski definition) is 1. The van der Waals surface area contributed by atoms with Crippen molar-refractivity contribution >= 4 is 17.5 Å². The number of nitrogens with one attached hydrogen (secondary N) is 1. The van der Waals surface area contributed by atoms with Crippen molar-refractivity contribution in [3.8, 4) is 0 Å². The lowest BCUT2D eigenvalue weighted by molar-refractivity contribution is 0.329. The van der Waals surface area contributed by atoms with Crippen LogP contribution in [0, 0.1) is 5.41 Å². The maximum atomic E-state index is 3.92. The molecule has 1 unspecified atom stereocenters. The third-order valence-corrected chi connectivity index (χ3v) is 5.85. The molecule has 1 aromatic rings. The summed E-state index contributed by atoms with van der Waals surface area (Å²) in [6.07, 6.45) is 12.5. The molecule has 1 aliphatic rings. The second-order valence-electron chi connectivity index (χ2n) is 7.70. The van der Waals surface area contributed by atoms with Crippen LogP contribution in [-0.2, 0) is 18.6 Å². The van der Waals surface area contributed by atoms with Gasteiger partial charge in [-0.2, -0.15) is 11.8 Å². The van der Waals surface area contributed by atoms with Gasteiger partial charge < -0.3 is 5.32 Å². The maximum Gasteiger partial charge on any atom is 0.0419 e. The van der Waals surface area contributed by atoms with Gasteiger partial charge in [0.15, 0.2) is 0 Å². The minimum atomic E-state index is 0.0271. The van der Waals surface area contributed by atoms with E-state index in [0.29, 0.717) is 6.04 Å². The van der Waals surface area contributed by atoms with Gasteiger partial charge in [0, 0.05) is 28.5 Å². The Kier molecular flexibility index (Phi) is 7.00. The summed E-state index contributed by atoms with van der Waals surface area (Å²) in [6, 6.07) is 5.16. The van der Waals surface area contributed by atoms with E-state index in [1.54, 1.807) is 0 Å². The Morgan fingerprint density at radius 1 is 1.31 bits per heavy atom. The average Bonchev–Trinajstić information content (AvgIpc) is 2.61. The van der Waals surface area contributed by atoms with Crippen LogP contribution in [0.3, 0.4) is 0 Å². The van der Waals surface area contributed by atoms with E-state index < -0.39 is 0 Å². The van der Waals surface area contributed by atoms with Crippen LogP contribution in [0.25, 0.3) is 5.70 Å². The molecule has 0 amide bonds. The summed E-state index contributed by atoms with van der Waals surface area (Å²) in [5.41, 5.74) is 8.15. The third-order valence-electron chi connectivity index (χ3n) is 5.25. The standard InChI is InChI=1S/C24H33NS/c1-8-11-22-21-13-18(10-3)20(16-26-7)12-19(21)14-23(25-22)24(5,6)15-17(4)9-2/h8-9,11-13,15,23,25H,1-2,10,14,16H2,3-7H3/b17-15?,22-11-. The lowest BCUT2D eigenvalue weighted by atomic mass is 9.76. The average molecular weight is 368 g/mol. The van der Waals surface area contributed by atoms with Crippen LogP contribution in [-0.4, -0.2) is 12.3 Å². The molecule has 0 aromatic heterocycles. The Labute approximate surface area is 164 Å². The summed E-state index contributed by atoms with van der Waals surface area (Å²) in [5.74, 6) is 1.08. The van der Waals surface area contributed by atoms with Gasteiger partial charge in [0.25, 0.3) is 0 Å². The first-order valence-electron chi connectivity index (χ1n) is 9.41. The summed E-state index contributed by atoms with van der Waals surface area (Å²) >= 11 is 1.90. The molecule has 2 heteroatoms. The molecule has 140 valence electrons. The first-order chi connectivity index (χ1) is 12.4. The van der Waals surface area contributed by atoms with Gasteiger partial charge in [-0.3, -0.25) is 0 Å². The number of rotatable bonds is 7. The summed E-state index contributed by atoms with van der Waals surface area (Å²) in [7, 11) is 0. The van der Waals surface area contributed by atoms with E-state index in [1.807, 2.05) is 23.9 Å². The summed E-state index contributed by atoms with van der Waals surface area (Å²) < 4.78 is 0. The fraction of sp³-hybridized carbons (Fsp3) is 0.417. The number of aryl methyl sites for hydroxylation is 1. The molecule has 1 nitrogen and oxygen atoms in total. The van der Waals surface area contributed by atoms with Crippen molar-refractivity contribution in [2.45, 2.75) is 52.3 Å². The molecule has 0 spiro atoms. The molecule has 0 aliphatic carbocycles. The van der Waals surface area contributed by atoms with Gasteiger partial charge in [-0.25, -0.2) is 0 Å². The molecule has 1 heterocycles. The van der Waals surface area contributed by atoms with Gasteiger partial charge in [0.05, 0.1) is 0 Å². The number of allylic oxidation sites excluding steroid dienone is 4. The monoisotopic (exact) mass is 367 g/mol. The van der Waals surface area contributed by atoms with Crippen LogP contribution in [0.1, 0.15) is 49.9 Å². The summed E-state index contributed by atoms with van der Waals surface area (Å²) in [6.45, 7) is 16.8. The van der Waals surface area contributed by atoms with E-state index in [9.17, 15) is 0 Å². The molecule has 0 saturated heterocycles. The molecule has 1 aliphatic heterocycles. The highest BCUT2D eigenvalue weighted by atomic mass is 32.2. The Morgan fingerprint density at radius 2 is 2.04 bits per heavy atom. The molecule has 0 radical (unpaired) electrons. The van der Waals surface area contributed by atoms with Gasteiger partial charge in [0.1, 0.15) is 0 Å². The Bertz CT molecular complexity index is 737. The van der Waals surface area contributed by atoms with Crippen LogP contribution in [0.4, 0.5) is 0 Å². The predicted octanol–water partition coefficient (Wildman–Crippen LogP) is 6.31. The van der Waals surface area contributed by atoms with E-state index in [0.717, 1.165) is 18.6 Å². The van der Waals surface area contributed by atoms with Crippen molar-refractivity contribution in [3.05, 3.63) is 77.4 Å². The van der Waals surface area contributed by atoms with Crippen LogP contribution < -0.4 is 5.32 Å². The van der Waals surface area contributed by atoms with Crippen LogP contribution in [0.15, 0.2) is 55.2 Å². The van der Waals surface area contributed by atoms with E-state index >= 15 is 0 Å². The molecule has 2 rings (SSSR count). The molecule has 26 heavy (non-hydrogen) atoms. The molecular formula is C24H33NS. The normalized spacial score (nSPS) is 19.0. The topological polar surface area (TPSA) is 12.0 Å². The van der Waals surface area contributed by atoms with Gasteiger partial charge in [0.2, 0.25) is 0 Å². The van der Waals surface area contributed by atoms with Crippen LogP contribution >= 0.6 is 11.8 Å². The molecule has 1 N–H and O–H groups in total. The highest BCUT2D eigenvalue weighted by Crippen LogP contribution is 2.36. The predicted molar refractivity (Wildman–Crippen MR) is 120 cm³/mol. The largest absolute Gasteiger partial charge is 0.381 e.